The van der Waals surface area contributed by atoms with Crippen molar-refractivity contribution in [1.29, 1.82) is 0 Å². The Labute approximate surface area is 125 Å². The molecule has 0 atom stereocenters. The van der Waals surface area contributed by atoms with Gasteiger partial charge >= 0.3 is 0 Å². The number of primary sulfonamides is 1. The van der Waals surface area contributed by atoms with Crippen molar-refractivity contribution in [3.63, 3.8) is 0 Å². The van der Waals surface area contributed by atoms with Gasteiger partial charge in [-0.25, -0.2) is 13.6 Å². The molecule has 0 aromatic carbocycles. The summed E-state index contributed by atoms with van der Waals surface area (Å²) in [7, 11) is -3.46. The minimum Gasteiger partial charge on any atom is -0.381 e. The topological polar surface area (TPSA) is 69.4 Å². The Hall–Kier alpha value is -0.130. The van der Waals surface area contributed by atoms with E-state index in [1.807, 2.05) is 0 Å². The van der Waals surface area contributed by atoms with Gasteiger partial charge in [0.05, 0.1) is 4.75 Å². The lowest BCUT2D eigenvalue weighted by Crippen LogP contribution is -2.37. The van der Waals surface area contributed by atoms with Crippen molar-refractivity contribution in [2.24, 2.45) is 10.6 Å². The Bertz CT molecular complexity index is 356. The molecule has 0 unspecified atom stereocenters. The van der Waals surface area contributed by atoms with Crippen LogP contribution in [-0.4, -0.2) is 26.4 Å². The zero-order valence-corrected chi connectivity index (χ0v) is 14.7. The quantitative estimate of drug-likeness (QED) is 0.628. The van der Waals surface area contributed by atoms with E-state index in [2.05, 4.69) is 20.8 Å². The van der Waals surface area contributed by atoms with Crippen LogP contribution in [0.2, 0.25) is 0 Å². The van der Waals surface area contributed by atoms with Gasteiger partial charge in [-0.2, -0.15) is 0 Å². The molecule has 5 heteroatoms. The van der Waals surface area contributed by atoms with Crippen molar-refractivity contribution in [3.05, 3.63) is 0 Å². The van der Waals surface area contributed by atoms with E-state index < -0.39 is 14.8 Å². The summed E-state index contributed by atoms with van der Waals surface area (Å²) in [5, 5.41) is 5.19. The van der Waals surface area contributed by atoms with Crippen LogP contribution in [-0.2, 0) is 14.8 Å². The van der Waals surface area contributed by atoms with Gasteiger partial charge in [-0.3, -0.25) is 0 Å². The standard InChI is InChI=1S/C15H33NO3S/c1-14(2,3)10-6-8-12-19-13-9-7-11-15(4,5)20(16,17)18/h6-13H2,1-5H3,(H2,16,17,18). The van der Waals surface area contributed by atoms with Crippen molar-refractivity contribution in [3.8, 4) is 0 Å². The van der Waals surface area contributed by atoms with E-state index in [-0.39, 0.29) is 0 Å². The summed E-state index contributed by atoms with van der Waals surface area (Å²) in [6.45, 7) is 11.6. The van der Waals surface area contributed by atoms with Crippen LogP contribution in [0.1, 0.15) is 73.1 Å². The smallest absolute Gasteiger partial charge is 0.214 e. The third kappa shape index (κ3) is 9.72. The van der Waals surface area contributed by atoms with Crippen LogP contribution < -0.4 is 5.14 Å². The summed E-state index contributed by atoms with van der Waals surface area (Å²) in [4.78, 5) is 0. The maximum absolute atomic E-state index is 11.3. The highest BCUT2D eigenvalue weighted by molar-refractivity contribution is 7.90. The summed E-state index contributed by atoms with van der Waals surface area (Å²) in [5.41, 5.74) is 0.402. The van der Waals surface area contributed by atoms with Gasteiger partial charge in [-0.1, -0.05) is 27.2 Å². The van der Waals surface area contributed by atoms with Gasteiger partial charge in [0.25, 0.3) is 0 Å². The second-order valence-corrected chi connectivity index (χ2v) is 9.59. The van der Waals surface area contributed by atoms with Crippen LogP contribution in [0.5, 0.6) is 0 Å². The summed E-state index contributed by atoms with van der Waals surface area (Å²) in [6.07, 6.45) is 5.81. The first kappa shape index (κ1) is 19.9. The van der Waals surface area contributed by atoms with Crippen molar-refractivity contribution in [2.45, 2.75) is 77.9 Å². The maximum Gasteiger partial charge on any atom is 0.214 e. The number of hydrogen-bond acceptors (Lipinski definition) is 3. The summed E-state index contributed by atoms with van der Waals surface area (Å²) in [6, 6.07) is 0. The van der Waals surface area contributed by atoms with Gasteiger partial charge in [0, 0.05) is 13.2 Å². The number of hydrogen-bond donors (Lipinski definition) is 1. The van der Waals surface area contributed by atoms with Gasteiger partial charge in [-0.15, -0.1) is 0 Å². The first-order valence-corrected chi connectivity index (χ1v) is 9.10. The fourth-order valence-corrected chi connectivity index (χ4v) is 2.29. The molecule has 0 aromatic rings. The fraction of sp³-hybridized carbons (Fsp3) is 1.00. The minimum absolute atomic E-state index is 0.402. The minimum atomic E-state index is -3.46. The predicted molar refractivity (Wildman–Crippen MR) is 85.2 cm³/mol. The molecule has 0 fully saturated rings. The Morgan fingerprint density at radius 1 is 0.850 bits per heavy atom. The number of nitrogens with two attached hydrogens (primary N) is 1. The molecule has 0 aliphatic heterocycles. The molecule has 0 saturated heterocycles. The van der Waals surface area contributed by atoms with Crippen LogP contribution >= 0.6 is 0 Å². The normalized spacial score (nSPS) is 13.7. The zero-order valence-electron chi connectivity index (χ0n) is 13.9. The largest absolute Gasteiger partial charge is 0.381 e. The van der Waals surface area contributed by atoms with Crippen molar-refractivity contribution in [2.75, 3.05) is 13.2 Å². The lowest BCUT2D eigenvalue weighted by molar-refractivity contribution is 0.123. The van der Waals surface area contributed by atoms with Crippen LogP contribution in [0.25, 0.3) is 0 Å². The second kappa shape index (κ2) is 8.35. The molecule has 0 amide bonds. The molecule has 0 aliphatic carbocycles. The Morgan fingerprint density at radius 3 is 1.70 bits per heavy atom. The number of ether oxygens (including phenoxy) is 1. The maximum atomic E-state index is 11.3. The fourth-order valence-electron chi connectivity index (χ4n) is 1.86. The van der Waals surface area contributed by atoms with E-state index in [1.165, 1.54) is 12.8 Å². The zero-order chi connectivity index (χ0) is 15.9. The molecular formula is C15H33NO3S. The SMILES string of the molecule is CC(C)(C)CCCCOCCCCC(C)(C)S(N)(=O)=O. The van der Waals surface area contributed by atoms with Gasteiger partial charge in [0.2, 0.25) is 10.0 Å². The average Bonchev–Trinajstić information content (AvgIpc) is 2.23. The highest BCUT2D eigenvalue weighted by Gasteiger charge is 2.29. The number of unbranched alkanes of at least 4 members (excludes halogenated alkanes) is 2. The Balaban J connectivity index is 3.51. The summed E-state index contributed by atoms with van der Waals surface area (Å²) < 4.78 is 27.4. The molecule has 0 rings (SSSR count). The number of sulfonamides is 1. The average molecular weight is 308 g/mol. The molecule has 0 saturated carbocycles. The molecule has 2 N–H and O–H groups in total. The van der Waals surface area contributed by atoms with Crippen LogP contribution in [0.3, 0.4) is 0 Å². The highest BCUT2D eigenvalue weighted by atomic mass is 32.2. The first-order chi connectivity index (χ1) is 8.96. The molecule has 20 heavy (non-hydrogen) atoms. The van der Waals surface area contributed by atoms with Crippen molar-refractivity contribution >= 4 is 10.0 Å². The van der Waals surface area contributed by atoms with E-state index in [9.17, 15) is 8.42 Å². The molecule has 0 aromatic heterocycles. The lowest BCUT2D eigenvalue weighted by Gasteiger charge is -2.21. The predicted octanol–water partition coefficient (Wildman–Crippen LogP) is 3.46. The molecule has 0 aliphatic rings. The van der Waals surface area contributed by atoms with Gasteiger partial charge in [0.1, 0.15) is 0 Å². The molecule has 0 heterocycles. The van der Waals surface area contributed by atoms with Crippen LogP contribution in [0, 0.1) is 5.41 Å². The highest BCUT2D eigenvalue weighted by Crippen LogP contribution is 2.22. The Morgan fingerprint density at radius 2 is 1.30 bits per heavy atom. The summed E-state index contributed by atoms with van der Waals surface area (Å²) in [5.74, 6) is 0. The van der Waals surface area contributed by atoms with E-state index in [1.54, 1.807) is 13.8 Å². The van der Waals surface area contributed by atoms with Crippen molar-refractivity contribution in [1.82, 2.24) is 0 Å². The molecule has 122 valence electrons. The summed E-state index contributed by atoms with van der Waals surface area (Å²) >= 11 is 0. The van der Waals surface area contributed by atoms with Crippen LogP contribution in [0.15, 0.2) is 0 Å². The Kier molecular flexibility index (Phi) is 8.29. The molecule has 0 radical (unpaired) electrons. The van der Waals surface area contributed by atoms with E-state index in [0.717, 1.165) is 25.9 Å². The molecule has 0 spiro atoms. The second-order valence-electron chi connectivity index (χ2n) is 7.39. The van der Waals surface area contributed by atoms with E-state index in [0.29, 0.717) is 18.4 Å². The third-order valence-electron chi connectivity index (χ3n) is 3.55. The lowest BCUT2D eigenvalue weighted by atomic mass is 9.90. The van der Waals surface area contributed by atoms with Gasteiger partial charge in [-0.05, 0) is 51.4 Å². The van der Waals surface area contributed by atoms with E-state index >= 15 is 0 Å². The first-order valence-electron chi connectivity index (χ1n) is 7.56. The monoisotopic (exact) mass is 307 g/mol. The van der Waals surface area contributed by atoms with Gasteiger partial charge < -0.3 is 4.74 Å². The molecule has 4 nitrogen and oxygen atoms in total. The van der Waals surface area contributed by atoms with Crippen LogP contribution in [0.4, 0.5) is 0 Å². The molecule has 0 bridgehead atoms. The van der Waals surface area contributed by atoms with E-state index in [4.69, 9.17) is 9.88 Å². The van der Waals surface area contributed by atoms with Crippen molar-refractivity contribution < 1.29 is 13.2 Å². The van der Waals surface area contributed by atoms with Gasteiger partial charge in [0.15, 0.2) is 0 Å². The molecular weight excluding hydrogens is 274 g/mol. The third-order valence-corrected chi connectivity index (χ3v) is 5.30. The number of rotatable bonds is 10.